The first-order valence-corrected chi connectivity index (χ1v) is 11.5. The minimum atomic E-state index is 0.0495. The molecule has 164 valence electrons. The Morgan fingerprint density at radius 3 is 2.65 bits per heavy atom. The maximum absolute atomic E-state index is 13.3. The number of amides is 1. The zero-order valence-electron chi connectivity index (χ0n) is 17.8. The van der Waals surface area contributed by atoms with Crippen LogP contribution in [0.1, 0.15) is 44.2 Å². The topological polar surface area (TPSA) is 89.8 Å². The number of furan rings is 1. The monoisotopic (exact) mass is 423 g/mol. The van der Waals surface area contributed by atoms with Gasteiger partial charge in [-0.1, -0.05) is 0 Å². The summed E-state index contributed by atoms with van der Waals surface area (Å²) in [7, 11) is 0. The Bertz CT molecular complexity index is 933. The molecule has 0 radical (unpaired) electrons. The van der Waals surface area contributed by atoms with Gasteiger partial charge in [-0.2, -0.15) is 10.2 Å². The molecule has 5 heterocycles. The third-order valence-electron chi connectivity index (χ3n) is 6.91. The van der Waals surface area contributed by atoms with Gasteiger partial charge in [-0.3, -0.25) is 4.79 Å². The molecular formula is C23H29N5O3. The van der Waals surface area contributed by atoms with Crippen molar-refractivity contribution in [2.24, 2.45) is 5.92 Å². The van der Waals surface area contributed by atoms with Crippen LogP contribution in [0.4, 0.5) is 5.88 Å². The second-order valence-electron chi connectivity index (χ2n) is 8.86. The third-order valence-corrected chi connectivity index (χ3v) is 6.91. The van der Waals surface area contributed by atoms with E-state index in [-0.39, 0.29) is 11.6 Å². The molecule has 1 amide bonds. The number of carbonyl (C=O) groups excluding carboxylic acids is 1. The van der Waals surface area contributed by atoms with Gasteiger partial charge >= 0.3 is 0 Å². The normalized spacial score (nSPS) is 22.9. The minimum Gasteiger partial charge on any atom is -0.459 e. The van der Waals surface area contributed by atoms with Gasteiger partial charge in [-0.15, -0.1) is 0 Å². The highest BCUT2D eigenvalue weighted by atomic mass is 16.4. The summed E-state index contributed by atoms with van der Waals surface area (Å²) in [5.41, 5.74) is 0.265. The van der Waals surface area contributed by atoms with Gasteiger partial charge < -0.3 is 23.5 Å². The van der Waals surface area contributed by atoms with E-state index >= 15 is 0 Å². The first kappa shape index (κ1) is 20.1. The van der Waals surface area contributed by atoms with Gasteiger partial charge in [-0.05, 0) is 63.7 Å². The van der Waals surface area contributed by atoms with Crippen LogP contribution >= 0.6 is 0 Å². The van der Waals surface area contributed by atoms with E-state index in [1.807, 2.05) is 4.90 Å². The molecule has 2 aromatic rings. The maximum Gasteiger partial charge on any atom is 0.266 e. The summed E-state index contributed by atoms with van der Waals surface area (Å²) in [6.45, 7) is 5.64. The van der Waals surface area contributed by atoms with Crippen molar-refractivity contribution in [1.29, 1.82) is 5.26 Å². The summed E-state index contributed by atoms with van der Waals surface area (Å²) >= 11 is 0. The zero-order valence-corrected chi connectivity index (χ0v) is 17.8. The predicted octanol–water partition coefficient (Wildman–Crippen LogP) is 3.11. The number of nitrogens with zero attached hydrogens (tertiary/aromatic N) is 5. The molecule has 5 rings (SSSR count). The lowest BCUT2D eigenvalue weighted by molar-refractivity contribution is -0.137. The van der Waals surface area contributed by atoms with Crippen molar-refractivity contribution in [2.75, 3.05) is 44.2 Å². The number of carbonyl (C=O) groups is 1. The first-order valence-electron chi connectivity index (χ1n) is 11.5. The van der Waals surface area contributed by atoms with E-state index in [0.717, 1.165) is 38.8 Å². The van der Waals surface area contributed by atoms with Gasteiger partial charge in [-0.25, -0.2) is 0 Å². The van der Waals surface area contributed by atoms with Crippen LogP contribution in [0, 0.1) is 17.2 Å². The quantitative estimate of drug-likeness (QED) is 0.730. The fourth-order valence-electron chi connectivity index (χ4n) is 5.25. The highest BCUT2D eigenvalue weighted by molar-refractivity contribution is 5.80. The smallest absolute Gasteiger partial charge is 0.266 e. The van der Waals surface area contributed by atoms with Crippen molar-refractivity contribution in [2.45, 2.75) is 44.6 Å². The standard InChI is InChI=1S/C23H29N5O3/c24-15-19-23(31-21(25-19)20-6-4-14-30-20)27-12-7-17(8-13-27)22(29)28-11-3-5-18(28)16-26-9-1-2-10-26/h4,6,14,17-18H,1-3,5,7-13,16H2. The Balaban J connectivity index is 1.21. The SMILES string of the molecule is N#Cc1nc(-c2ccco2)oc1N1CCC(C(=O)N2CCCC2CN2CCCC2)CC1. The average molecular weight is 424 g/mol. The van der Waals surface area contributed by atoms with E-state index < -0.39 is 0 Å². The highest BCUT2D eigenvalue weighted by Gasteiger charge is 2.36. The maximum atomic E-state index is 13.3. The molecular weight excluding hydrogens is 394 g/mol. The second kappa shape index (κ2) is 8.75. The Hall–Kier alpha value is -2.79. The number of hydrogen-bond acceptors (Lipinski definition) is 7. The molecule has 0 spiro atoms. The number of oxazole rings is 1. The van der Waals surface area contributed by atoms with E-state index in [4.69, 9.17) is 8.83 Å². The number of piperidine rings is 1. The lowest BCUT2D eigenvalue weighted by Crippen LogP contribution is -2.47. The fraction of sp³-hybridized carbons (Fsp3) is 0.609. The van der Waals surface area contributed by atoms with Crippen molar-refractivity contribution in [3.63, 3.8) is 0 Å². The highest BCUT2D eigenvalue weighted by Crippen LogP contribution is 2.32. The van der Waals surface area contributed by atoms with Crippen molar-refractivity contribution in [1.82, 2.24) is 14.8 Å². The van der Waals surface area contributed by atoms with E-state index in [1.54, 1.807) is 18.4 Å². The summed E-state index contributed by atoms with van der Waals surface area (Å²) in [6, 6.07) is 6.02. The van der Waals surface area contributed by atoms with Crippen LogP contribution in [0.25, 0.3) is 11.7 Å². The number of hydrogen-bond donors (Lipinski definition) is 0. The number of likely N-dealkylation sites (tertiary alicyclic amines) is 2. The number of anilines is 1. The summed E-state index contributed by atoms with van der Waals surface area (Å²) < 4.78 is 11.2. The molecule has 3 fully saturated rings. The van der Waals surface area contributed by atoms with Gasteiger partial charge in [0.2, 0.25) is 17.5 Å². The van der Waals surface area contributed by atoms with E-state index in [0.29, 0.717) is 42.6 Å². The van der Waals surface area contributed by atoms with Crippen molar-refractivity contribution >= 4 is 11.8 Å². The van der Waals surface area contributed by atoms with Crippen LogP contribution in [0.3, 0.4) is 0 Å². The minimum absolute atomic E-state index is 0.0495. The van der Waals surface area contributed by atoms with Gasteiger partial charge in [0, 0.05) is 38.1 Å². The van der Waals surface area contributed by atoms with Crippen LogP contribution in [0.2, 0.25) is 0 Å². The zero-order chi connectivity index (χ0) is 21.2. The second-order valence-corrected chi connectivity index (χ2v) is 8.86. The molecule has 0 N–H and O–H groups in total. The van der Waals surface area contributed by atoms with Crippen LogP contribution in [0.15, 0.2) is 27.2 Å². The molecule has 3 aliphatic rings. The van der Waals surface area contributed by atoms with Gasteiger partial charge in [0.15, 0.2) is 5.76 Å². The van der Waals surface area contributed by atoms with E-state index in [2.05, 4.69) is 20.9 Å². The summed E-state index contributed by atoms with van der Waals surface area (Å²) in [4.78, 5) is 24.3. The molecule has 0 bridgehead atoms. The molecule has 3 aliphatic heterocycles. The lowest BCUT2D eigenvalue weighted by Gasteiger charge is -2.35. The number of aromatic nitrogens is 1. The lowest BCUT2D eigenvalue weighted by atomic mass is 9.95. The molecule has 0 saturated carbocycles. The van der Waals surface area contributed by atoms with Crippen molar-refractivity contribution in [3.05, 3.63) is 24.1 Å². The van der Waals surface area contributed by atoms with Gasteiger partial charge in [0.1, 0.15) is 6.07 Å². The molecule has 0 aromatic carbocycles. The number of rotatable bonds is 5. The van der Waals surface area contributed by atoms with Crippen LogP contribution < -0.4 is 4.90 Å². The third kappa shape index (κ3) is 4.07. The van der Waals surface area contributed by atoms with E-state index in [1.165, 1.54) is 25.9 Å². The van der Waals surface area contributed by atoms with Gasteiger partial charge in [0.05, 0.1) is 6.26 Å². The molecule has 2 aromatic heterocycles. The molecule has 31 heavy (non-hydrogen) atoms. The van der Waals surface area contributed by atoms with Crippen LogP contribution in [-0.4, -0.2) is 66.0 Å². The molecule has 8 nitrogen and oxygen atoms in total. The summed E-state index contributed by atoms with van der Waals surface area (Å²) in [5.74, 6) is 1.67. The van der Waals surface area contributed by atoms with Crippen LogP contribution in [-0.2, 0) is 4.79 Å². The fourth-order valence-corrected chi connectivity index (χ4v) is 5.25. The Kier molecular flexibility index (Phi) is 5.68. The Morgan fingerprint density at radius 1 is 1.13 bits per heavy atom. The molecule has 1 atom stereocenters. The Morgan fingerprint density at radius 2 is 1.94 bits per heavy atom. The average Bonchev–Trinajstić information content (AvgIpc) is 3.61. The summed E-state index contributed by atoms with van der Waals surface area (Å²) in [5, 5.41) is 9.50. The molecule has 1 unspecified atom stereocenters. The summed E-state index contributed by atoms with van der Waals surface area (Å²) in [6.07, 6.45) is 7.90. The molecule has 3 saturated heterocycles. The molecule has 8 heteroatoms. The van der Waals surface area contributed by atoms with Crippen molar-refractivity contribution < 1.29 is 13.6 Å². The number of nitriles is 1. The Labute approximate surface area is 182 Å². The largest absolute Gasteiger partial charge is 0.459 e. The van der Waals surface area contributed by atoms with E-state index in [9.17, 15) is 10.1 Å². The first-order chi connectivity index (χ1) is 15.2. The molecule has 0 aliphatic carbocycles. The van der Waals surface area contributed by atoms with Crippen LogP contribution in [0.5, 0.6) is 0 Å². The van der Waals surface area contributed by atoms with Gasteiger partial charge in [0.25, 0.3) is 5.89 Å². The van der Waals surface area contributed by atoms with Crippen molar-refractivity contribution in [3.8, 4) is 17.7 Å². The predicted molar refractivity (Wildman–Crippen MR) is 114 cm³/mol.